The quantitative estimate of drug-likeness (QED) is 0.195. The summed E-state index contributed by atoms with van der Waals surface area (Å²) in [6.45, 7) is -0.0347. The fourth-order valence-electron chi connectivity index (χ4n) is 3.66. The summed E-state index contributed by atoms with van der Waals surface area (Å²) in [4.78, 5) is 28.2. The number of carbonyl (C=O) groups is 1. The number of hydrogen-bond donors (Lipinski definition) is 0. The first-order chi connectivity index (χ1) is 16.9. The van der Waals surface area contributed by atoms with Crippen LogP contribution in [0.25, 0.3) is 22.2 Å². The number of rotatable bonds is 8. The van der Waals surface area contributed by atoms with Gasteiger partial charge in [0.25, 0.3) is 5.69 Å². The molecule has 4 aromatic rings. The summed E-state index contributed by atoms with van der Waals surface area (Å²) < 4.78 is 21.8. The van der Waals surface area contributed by atoms with E-state index >= 15 is 0 Å². The van der Waals surface area contributed by atoms with Gasteiger partial charge in [-0.25, -0.2) is 9.78 Å². The molecule has 0 aliphatic rings. The maximum Gasteiger partial charge on any atom is 0.339 e. The highest BCUT2D eigenvalue weighted by Crippen LogP contribution is 2.41. The van der Waals surface area contributed by atoms with Crippen LogP contribution >= 0.6 is 0 Å². The van der Waals surface area contributed by atoms with Crippen molar-refractivity contribution in [2.24, 2.45) is 0 Å². The van der Waals surface area contributed by atoms with Gasteiger partial charge >= 0.3 is 5.97 Å². The average molecular weight is 474 g/mol. The van der Waals surface area contributed by atoms with Crippen LogP contribution in [0.3, 0.4) is 0 Å². The number of non-ortho nitro benzene ring substituents is 1. The first-order valence-corrected chi connectivity index (χ1v) is 10.6. The van der Waals surface area contributed by atoms with Crippen molar-refractivity contribution in [2.45, 2.75) is 6.61 Å². The molecule has 3 aromatic carbocycles. The van der Waals surface area contributed by atoms with Crippen molar-refractivity contribution in [3.05, 3.63) is 88.0 Å². The minimum absolute atomic E-state index is 0.0322. The van der Waals surface area contributed by atoms with E-state index in [4.69, 9.17) is 23.9 Å². The Morgan fingerprint density at radius 2 is 1.57 bits per heavy atom. The van der Waals surface area contributed by atoms with E-state index in [0.29, 0.717) is 50.5 Å². The predicted octanol–water partition coefficient (Wildman–Crippen LogP) is 5.19. The fraction of sp³-hybridized carbons (Fsp3) is 0.154. The van der Waals surface area contributed by atoms with Gasteiger partial charge in [-0.15, -0.1) is 0 Å². The van der Waals surface area contributed by atoms with Gasteiger partial charge in [-0.3, -0.25) is 10.1 Å². The summed E-state index contributed by atoms with van der Waals surface area (Å²) in [5.41, 5.74) is 2.73. The molecule has 0 spiro atoms. The smallest absolute Gasteiger partial charge is 0.339 e. The molecule has 9 heteroatoms. The molecule has 0 saturated heterocycles. The lowest BCUT2D eigenvalue weighted by atomic mass is 10.0. The molecule has 4 rings (SSSR count). The molecule has 35 heavy (non-hydrogen) atoms. The van der Waals surface area contributed by atoms with Gasteiger partial charge in [-0.05, 0) is 42.0 Å². The zero-order chi connectivity index (χ0) is 24.9. The number of benzene rings is 3. The van der Waals surface area contributed by atoms with Gasteiger partial charge in [-0.1, -0.05) is 18.2 Å². The molecule has 0 bridgehead atoms. The normalized spacial score (nSPS) is 10.6. The monoisotopic (exact) mass is 474 g/mol. The highest BCUT2D eigenvalue weighted by Gasteiger charge is 2.19. The van der Waals surface area contributed by atoms with Gasteiger partial charge in [0.05, 0.1) is 43.0 Å². The Labute approximate surface area is 201 Å². The fourth-order valence-corrected chi connectivity index (χ4v) is 3.66. The lowest BCUT2D eigenvalue weighted by Gasteiger charge is -2.15. The van der Waals surface area contributed by atoms with E-state index < -0.39 is 10.9 Å². The maximum atomic E-state index is 13.1. The summed E-state index contributed by atoms with van der Waals surface area (Å²) in [5, 5.41) is 11.5. The Hall–Kier alpha value is -4.66. The number of carbonyl (C=O) groups excluding carboxylic acids is 1. The first kappa shape index (κ1) is 23.5. The topological polar surface area (TPSA) is 110 Å². The van der Waals surface area contributed by atoms with Crippen LogP contribution in [0.5, 0.6) is 17.2 Å². The predicted molar refractivity (Wildman–Crippen MR) is 129 cm³/mol. The summed E-state index contributed by atoms with van der Waals surface area (Å²) >= 11 is 0. The SMILES string of the molecule is COc1cc(-c2cc(C(=O)OCc3ccc([N+](=O)[O-])cc3)c3ccccc3n2)cc(OC)c1OC. The number of pyridine rings is 1. The molecule has 1 heterocycles. The van der Waals surface area contributed by atoms with E-state index in [0.717, 1.165) is 0 Å². The number of nitrogens with zero attached hydrogens (tertiary/aromatic N) is 2. The second-order valence-corrected chi connectivity index (χ2v) is 7.49. The van der Waals surface area contributed by atoms with Crippen molar-refractivity contribution < 1.29 is 28.7 Å². The molecule has 0 amide bonds. The second kappa shape index (κ2) is 10.1. The number of hydrogen-bond acceptors (Lipinski definition) is 8. The number of ether oxygens (including phenoxy) is 4. The Bertz CT molecular complexity index is 1380. The lowest BCUT2D eigenvalue weighted by molar-refractivity contribution is -0.384. The third-order valence-corrected chi connectivity index (χ3v) is 5.41. The van der Waals surface area contributed by atoms with Crippen LogP contribution in [0.2, 0.25) is 0 Å². The van der Waals surface area contributed by atoms with E-state index in [1.165, 1.54) is 33.5 Å². The molecular weight excluding hydrogens is 452 g/mol. The van der Waals surface area contributed by atoms with Crippen molar-refractivity contribution in [1.82, 2.24) is 4.98 Å². The van der Waals surface area contributed by atoms with E-state index in [1.54, 1.807) is 36.4 Å². The third kappa shape index (κ3) is 4.84. The Morgan fingerprint density at radius 1 is 0.914 bits per heavy atom. The zero-order valence-corrected chi connectivity index (χ0v) is 19.3. The van der Waals surface area contributed by atoms with Gasteiger partial charge in [0.2, 0.25) is 5.75 Å². The highest BCUT2D eigenvalue weighted by atomic mass is 16.6. The minimum atomic E-state index is -0.546. The van der Waals surface area contributed by atoms with Crippen LogP contribution in [-0.2, 0) is 11.3 Å². The first-order valence-electron chi connectivity index (χ1n) is 10.6. The second-order valence-electron chi connectivity index (χ2n) is 7.49. The molecule has 0 unspecified atom stereocenters. The number of aromatic nitrogens is 1. The zero-order valence-electron chi connectivity index (χ0n) is 19.3. The standard InChI is InChI=1S/C26H22N2O7/c1-32-23-12-17(13-24(33-2)25(23)34-3)22-14-20(19-6-4-5-7-21(19)27-22)26(29)35-15-16-8-10-18(11-9-16)28(30)31/h4-14H,15H2,1-3H3. The van der Waals surface area contributed by atoms with Crippen molar-refractivity contribution in [2.75, 3.05) is 21.3 Å². The molecule has 1 aromatic heterocycles. The molecule has 9 nitrogen and oxygen atoms in total. The molecule has 0 aliphatic carbocycles. The van der Waals surface area contributed by atoms with Crippen LogP contribution in [0.1, 0.15) is 15.9 Å². The molecule has 0 fully saturated rings. The molecule has 0 aliphatic heterocycles. The van der Waals surface area contributed by atoms with Gasteiger partial charge in [0.15, 0.2) is 11.5 Å². The van der Waals surface area contributed by atoms with E-state index in [-0.39, 0.29) is 12.3 Å². The lowest BCUT2D eigenvalue weighted by Crippen LogP contribution is -2.07. The van der Waals surface area contributed by atoms with Crippen LogP contribution in [-0.4, -0.2) is 37.2 Å². The van der Waals surface area contributed by atoms with Crippen LogP contribution in [0.15, 0.2) is 66.7 Å². The number of methoxy groups -OCH3 is 3. The average Bonchev–Trinajstić information content (AvgIpc) is 2.90. The van der Waals surface area contributed by atoms with E-state index in [1.807, 2.05) is 18.2 Å². The van der Waals surface area contributed by atoms with Gasteiger partial charge < -0.3 is 18.9 Å². The summed E-state index contributed by atoms with van der Waals surface area (Å²) in [6, 6.07) is 18.3. The Balaban J connectivity index is 1.71. The number of nitro benzene ring substituents is 1. The molecule has 0 atom stereocenters. The van der Waals surface area contributed by atoms with Crippen LogP contribution < -0.4 is 14.2 Å². The largest absolute Gasteiger partial charge is 0.493 e. The van der Waals surface area contributed by atoms with Crippen molar-refractivity contribution in [1.29, 1.82) is 0 Å². The molecule has 0 N–H and O–H groups in total. The van der Waals surface area contributed by atoms with Crippen molar-refractivity contribution in [3.8, 4) is 28.5 Å². The summed E-state index contributed by atoms with van der Waals surface area (Å²) in [6.07, 6.45) is 0. The summed E-state index contributed by atoms with van der Waals surface area (Å²) in [7, 11) is 4.57. The van der Waals surface area contributed by atoms with E-state index in [2.05, 4.69) is 0 Å². The number of esters is 1. The molecule has 0 saturated carbocycles. The van der Waals surface area contributed by atoms with Gasteiger partial charge in [0, 0.05) is 23.1 Å². The number of fused-ring (bicyclic) bond motifs is 1. The van der Waals surface area contributed by atoms with Gasteiger partial charge in [0.1, 0.15) is 6.61 Å². The summed E-state index contributed by atoms with van der Waals surface area (Å²) in [5.74, 6) is 0.816. The highest BCUT2D eigenvalue weighted by molar-refractivity contribution is 6.04. The van der Waals surface area contributed by atoms with Crippen molar-refractivity contribution >= 4 is 22.6 Å². The van der Waals surface area contributed by atoms with E-state index in [9.17, 15) is 14.9 Å². The Morgan fingerprint density at radius 3 is 2.17 bits per heavy atom. The molecule has 0 radical (unpaired) electrons. The van der Waals surface area contributed by atoms with Crippen molar-refractivity contribution in [3.63, 3.8) is 0 Å². The molecular formula is C26H22N2O7. The molecule has 178 valence electrons. The maximum absolute atomic E-state index is 13.1. The Kier molecular flexibility index (Phi) is 6.77. The van der Waals surface area contributed by atoms with Gasteiger partial charge in [-0.2, -0.15) is 0 Å². The minimum Gasteiger partial charge on any atom is -0.493 e. The van der Waals surface area contributed by atoms with Crippen LogP contribution in [0.4, 0.5) is 5.69 Å². The number of para-hydroxylation sites is 1. The number of nitro groups is 1. The third-order valence-electron chi connectivity index (χ3n) is 5.41. The van der Waals surface area contributed by atoms with Crippen LogP contribution in [0, 0.1) is 10.1 Å².